The number of hydrogen-bond donors (Lipinski definition) is 4. The van der Waals surface area contributed by atoms with E-state index in [1.165, 1.54) is 0 Å². The summed E-state index contributed by atoms with van der Waals surface area (Å²) in [5.74, 6) is 2.12. The van der Waals surface area contributed by atoms with Crippen LogP contribution in [0.15, 0.2) is 40.0 Å². The predicted molar refractivity (Wildman–Crippen MR) is 137 cm³/mol. The van der Waals surface area contributed by atoms with Crippen molar-refractivity contribution in [2.75, 3.05) is 16.8 Å². The summed E-state index contributed by atoms with van der Waals surface area (Å²) in [6, 6.07) is 2.16. The summed E-state index contributed by atoms with van der Waals surface area (Å²) in [7, 11) is -2.67. The average Bonchev–Trinajstić information content (AvgIpc) is 3.10. The number of amides is 1. The second kappa shape index (κ2) is 8.92. The molecular weight excluding hydrogens is 466 g/mol. The van der Waals surface area contributed by atoms with Gasteiger partial charge >= 0.3 is 6.09 Å². The van der Waals surface area contributed by atoms with E-state index in [0.717, 1.165) is 37.0 Å². The monoisotopic (exact) mass is 499 g/mol. The lowest BCUT2D eigenvalue weighted by molar-refractivity contribution is 0.0981. The van der Waals surface area contributed by atoms with Crippen molar-refractivity contribution in [1.82, 2.24) is 15.5 Å². The third-order valence-corrected chi connectivity index (χ3v) is 8.82. The highest BCUT2D eigenvalue weighted by Gasteiger charge is 2.59. The first-order chi connectivity index (χ1) is 16.7. The molecule has 2 aliphatic carbocycles. The van der Waals surface area contributed by atoms with Gasteiger partial charge in [0, 0.05) is 62.1 Å². The van der Waals surface area contributed by atoms with Crippen LogP contribution in [-0.4, -0.2) is 61.7 Å². The van der Waals surface area contributed by atoms with Gasteiger partial charge < -0.3 is 15.4 Å². The van der Waals surface area contributed by atoms with Crippen molar-refractivity contribution in [3.8, 4) is 0 Å². The molecule has 3 heterocycles. The fourth-order valence-electron chi connectivity index (χ4n) is 5.12. The molecule has 2 fully saturated rings. The van der Waals surface area contributed by atoms with E-state index in [0.29, 0.717) is 23.1 Å². The van der Waals surface area contributed by atoms with Crippen LogP contribution in [-0.2, 0) is 14.5 Å². The Bertz CT molecular complexity index is 1240. The van der Waals surface area contributed by atoms with Crippen LogP contribution in [0.5, 0.6) is 0 Å². The number of aromatic amines is 1. The number of aromatic nitrogens is 2. The predicted octanol–water partition coefficient (Wildman–Crippen LogP) is 3.72. The van der Waals surface area contributed by atoms with Gasteiger partial charge in [-0.3, -0.25) is 14.9 Å². The molecule has 188 valence electrons. The highest BCUT2D eigenvalue weighted by Crippen LogP contribution is 2.58. The van der Waals surface area contributed by atoms with E-state index in [2.05, 4.69) is 31.9 Å². The number of anilines is 1. The molecule has 5 rings (SSSR count). The fourth-order valence-corrected chi connectivity index (χ4v) is 5.96. The molecule has 1 spiro atoms. The summed E-state index contributed by atoms with van der Waals surface area (Å²) in [6.07, 6.45) is 8.80. The van der Waals surface area contributed by atoms with Gasteiger partial charge in [-0.1, -0.05) is 13.0 Å². The summed E-state index contributed by atoms with van der Waals surface area (Å²) in [4.78, 5) is 21.2. The van der Waals surface area contributed by atoms with Gasteiger partial charge in [-0.15, -0.1) is 0 Å². The zero-order valence-electron chi connectivity index (χ0n) is 20.3. The second-order valence-corrected chi connectivity index (χ2v) is 12.6. The topological polar surface area (TPSA) is 145 Å². The summed E-state index contributed by atoms with van der Waals surface area (Å²) in [6.45, 7) is 5.59. The van der Waals surface area contributed by atoms with E-state index in [9.17, 15) is 9.00 Å². The molecule has 1 aromatic heterocycles. The Morgan fingerprint density at radius 2 is 2.23 bits per heavy atom. The Kier molecular flexibility index (Phi) is 6.06. The lowest BCUT2D eigenvalue weighted by Crippen LogP contribution is -2.33. The van der Waals surface area contributed by atoms with E-state index in [1.54, 1.807) is 6.92 Å². The van der Waals surface area contributed by atoms with Gasteiger partial charge in [0.2, 0.25) is 0 Å². The molecule has 3 unspecified atom stereocenters. The van der Waals surface area contributed by atoms with E-state index in [-0.39, 0.29) is 41.4 Å². The number of alkyl carbamates (subject to hydrolysis) is 1. The Hall–Kier alpha value is -2.95. The maximum Gasteiger partial charge on any atom is 0.407 e. The van der Waals surface area contributed by atoms with Crippen LogP contribution in [0.1, 0.15) is 58.1 Å². The first kappa shape index (κ1) is 23.8. The number of allylic oxidation sites excluding steroid dienone is 1. The van der Waals surface area contributed by atoms with Crippen LogP contribution in [0.3, 0.4) is 0 Å². The largest absolute Gasteiger partial charge is 0.446 e. The third-order valence-electron chi connectivity index (χ3n) is 7.13. The number of dihydropyridines is 1. The van der Waals surface area contributed by atoms with E-state index in [1.807, 2.05) is 32.2 Å². The molecule has 0 aromatic carbocycles. The van der Waals surface area contributed by atoms with Gasteiger partial charge in [0.05, 0.1) is 11.8 Å². The zero-order chi connectivity index (χ0) is 24.8. The van der Waals surface area contributed by atoms with Gasteiger partial charge in [-0.25, -0.2) is 14.0 Å². The minimum atomic E-state index is -2.67. The first-order valence-corrected chi connectivity index (χ1v) is 14.2. The molecule has 2 saturated carbocycles. The molecule has 4 aliphatic rings. The van der Waals surface area contributed by atoms with Crippen LogP contribution in [0.4, 0.5) is 10.6 Å². The van der Waals surface area contributed by atoms with Crippen molar-refractivity contribution < 1.29 is 13.7 Å². The molecular formula is C24H33N7O3S. The molecule has 0 bridgehead atoms. The molecule has 1 aromatic rings. The fraction of sp³-hybridized carbons (Fsp3) is 0.583. The molecule has 1 amide bonds. The average molecular weight is 500 g/mol. The summed E-state index contributed by atoms with van der Waals surface area (Å²) in [5.41, 5.74) is 2.59. The Balaban J connectivity index is 1.25. The van der Waals surface area contributed by atoms with Crippen LogP contribution in [0.25, 0.3) is 0 Å². The molecule has 5 atom stereocenters. The number of carbonyl (C=O) groups is 1. The van der Waals surface area contributed by atoms with Crippen molar-refractivity contribution in [2.24, 2.45) is 15.4 Å². The number of aliphatic imine (C=N–C) groups is 2. The highest BCUT2D eigenvalue weighted by atomic mass is 32.2. The maximum atomic E-state index is 12.4. The van der Waals surface area contributed by atoms with Crippen molar-refractivity contribution in [1.29, 1.82) is 4.78 Å². The Morgan fingerprint density at radius 1 is 1.40 bits per heavy atom. The Labute approximate surface area is 205 Å². The van der Waals surface area contributed by atoms with Crippen molar-refractivity contribution >= 4 is 33.2 Å². The lowest BCUT2D eigenvalue weighted by Gasteiger charge is -2.25. The normalized spacial score (nSPS) is 30.4. The summed E-state index contributed by atoms with van der Waals surface area (Å²) >= 11 is 0. The standard InChI is InChI=1S/C24H33N7O3S/c1-4-35(25,33)13-16-10-18-22(26-8-7-24(18)12-20(24)28-16)29-21-11-19(30-31-21)15-5-6-17(9-15)34-23(32)27-14(2)3/h7-8,10-11,14-15,17,20,25H,4-6,9,12-13H2,1-3H3,(H,27,32)(H2,26,29,30,31)/t15-,17+,20?,24?,35?/m0/s1. The number of H-pyrrole nitrogens is 1. The van der Waals surface area contributed by atoms with Crippen LogP contribution in [0, 0.1) is 10.2 Å². The highest BCUT2D eigenvalue weighted by molar-refractivity contribution is 7.93. The van der Waals surface area contributed by atoms with Gasteiger partial charge in [-0.05, 0) is 45.6 Å². The number of nitrogens with one attached hydrogen (secondary N) is 4. The SMILES string of the molecule is CCS(=N)(=O)CC1=NC2CC23C=CN=C(Nc2cc([C@H]4CC[C@@H](OC(=O)NC(C)C)C4)[nH]n2)C3=C1. The van der Waals surface area contributed by atoms with Crippen molar-refractivity contribution in [2.45, 2.75) is 70.6 Å². The summed E-state index contributed by atoms with van der Waals surface area (Å²) < 4.78 is 26.0. The molecule has 0 saturated heterocycles. The maximum absolute atomic E-state index is 12.4. The lowest BCUT2D eigenvalue weighted by atomic mass is 9.89. The number of nitrogens with zero attached hydrogens (tertiary/aromatic N) is 3. The first-order valence-electron chi connectivity index (χ1n) is 12.3. The van der Waals surface area contributed by atoms with Gasteiger partial charge in [-0.2, -0.15) is 5.10 Å². The van der Waals surface area contributed by atoms with Crippen LogP contribution in [0.2, 0.25) is 0 Å². The molecule has 0 radical (unpaired) electrons. The van der Waals surface area contributed by atoms with Gasteiger partial charge in [0.15, 0.2) is 5.82 Å². The van der Waals surface area contributed by atoms with E-state index < -0.39 is 9.73 Å². The second-order valence-electron chi connectivity index (χ2n) is 10.1. The number of amidine groups is 1. The Morgan fingerprint density at radius 3 is 3.00 bits per heavy atom. The van der Waals surface area contributed by atoms with Crippen LogP contribution >= 0.6 is 0 Å². The van der Waals surface area contributed by atoms with Gasteiger partial charge in [0.1, 0.15) is 11.9 Å². The van der Waals surface area contributed by atoms with Crippen molar-refractivity contribution in [3.63, 3.8) is 0 Å². The quantitative estimate of drug-likeness (QED) is 0.452. The third kappa shape index (κ3) is 4.91. The van der Waals surface area contributed by atoms with E-state index in [4.69, 9.17) is 14.5 Å². The van der Waals surface area contributed by atoms with Gasteiger partial charge in [0.25, 0.3) is 0 Å². The molecule has 10 nitrogen and oxygen atoms in total. The summed E-state index contributed by atoms with van der Waals surface area (Å²) in [5, 5.41) is 13.7. The van der Waals surface area contributed by atoms with Crippen LogP contribution < -0.4 is 10.6 Å². The minimum absolute atomic E-state index is 0.0490. The molecule has 11 heteroatoms. The number of carbonyl (C=O) groups excluding carboxylic acids is 1. The molecule has 2 aliphatic heterocycles. The minimum Gasteiger partial charge on any atom is -0.446 e. The molecule has 4 N–H and O–H groups in total. The number of ether oxygens (including phenoxy) is 1. The number of hydrogen-bond acceptors (Lipinski definition) is 8. The van der Waals surface area contributed by atoms with Crippen molar-refractivity contribution in [3.05, 3.63) is 35.7 Å². The van der Waals surface area contributed by atoms with E-state index >= 15 is 0 Å². The smallest absolute Gasteiger partial charge is 0.407 e. The number of rotatable bonds is 7. The molecule has 35 heavy (non-hydrogen) atoms. The zero-order valence-corrected chi connectivity index (χ0v) is 21.2.